The van der Waals surface area contributed by atoms with Crippen molar-refractivity contribution in [3.05, 3.63) is 29.3 Å². The van der Waals surface area contributed by atoms with Gasteiger partial charge in [-0.3, -0.25) is 5.32 Å². The molecule has 1 heterocycles. The Bertz CT molecular complexity index is 670. The lowest BCUT2D eigenvalue weighted by Crippen LogP contribution is -2.20. The average Bonchev–Trinajstić information content (AvgIpc) is 2.90. The van der Waals surface area contributed by atoms with Gasteiger partial charge >= 0.3 is 18.0 Å². The number of urea groups is 1. The van der Waals surface area contributed by atoms with Gasteiger partial charge < -0.3 is 15.5 Å². The number of carbonyl (C=O) groups is 3. The van der Waals surface area contributed by atoms with Gasteiger partial charge in [-0.2, -0.15) is 0 Å². The molecule has 0 atom stereocenters. The third-order valence-corrected chi connectivity index (χ3v) is 2.72. The number of aromatic nitrogens is 3. The van der Waals surface area contributed by atoms with E-state index in [0.29, 0.717) is 0 Å². The van der Waals surface area contributed by atoms with Crippen LogP contribution in [0.2, 0.25) is 0 Å². The summed E-state index contributed by atoms with van der Waals surface area (Å²) in [5.74, 6) is -2.62. The van der Waals surface area contributed by atoms with Crippen molar-refractivity contribution >= 4 is 40.3 Å². The number of aromatic carboxylic acids is 2. The zero-order chi connectivity index (χ0) is 15.4. The minimum Gasteiger partial charge on any atom is -0.478 e. The maximum atomic E-state index is 11.6. The lowest BCUT2D eigenvalue weighted by molar-refractivity contribution is 0.0696. The number of hydrogen-bond donors (Lipinski definition) is 4. The first-order chi connectivity index (χ1) is 9.95. The number of carbonyl (C=O) groups excluding carboxylic acids is 1. The number of benzene rings is 1. The van der Waals surface area contributed by atoms with E-state index in [4.69, 9.17) is 10.2 Å². The fourth-order valence-corrected chi connectivity index (χ4v) is 1.75. The topological polar surface area (TPSA) is 154 Å². The number of rotatable bonds is 4. The highest BCUT2D eigenvalue weighted by atomic mass is 32.1. The van der Waals surface area contributed by atoms with Gasteiger partial charge in [0.15, 0.2) is 0 Å². The second kappa shape index (κ2) is 5.92. The lowest BCUT2D eigenvalue weighted by Gasteiger charge is -2.07. The monoisotopic (exact) mass is 309 g/mol. The van der Waals surface area contributed by atoms with Gasteiger partial charge in [0.25, 0.3) is 0 Å². The molecule has 21 heavy (non-hydrogen) atoms. The maximum absolute atomic E-state index is 11.6. The Labute approximate surface area is 120 Å². The van der Waals surface area contributed by atoms with Gasteiger partial charge in [0.05, 0.1) is 11.1 Å². The summed E-state index contributed by atoms with van der Waals surface area (Å²) >= 11 is 0.846. The summed E-state index contributed by atoms with van der Waals surface area (Å²) in [4.78, 5) is 33.5. The second-order valence-electron chi connectivity index (χ2n) is 3.66. The van der Waals surface area contributed by atoms with E-state index in [1.807, 2.05) is 0 Å². The SMILES string of the molecule is O=C(Nc1cc(C(=O)O)cc(C(=O)O)c1)Nc1nnns1. The van der Waals surface area contributed by atoms with Crippen molar-refractivity contribution in [1.29, 1.82) is 0 Å². The molecule has 108 valence electrons. The van der Waals surface area contributed by atoms with Gasteiger partial charge in [-0.15, -0.1) is 0 Å². The zero-order valence-corrected chi connectivity index (χ0v) is 10.9. The normalized spacial score (nSPS) is 9.90. The molecule has 10 nitrogen and oxygen atoms in total. The number of anilines is 2. The molecule has 1 aromatic carbocycles. The van der Waals surface area contributed by atoms with Crippen LogP contribution in [0.25, 0.3) is 0 Å². The molecule has 0 saturated heterocycles. The van der Waals surface area contributed by atoms with Crippen LogP contribution in [0.5, 0.6) is 0 Å². The van der Waals surface area contributed by atoms with Crippen LogP contribution in [0, 0.1) is 0 Å². The molecule has 0 bridgehead atoms. The van der Waals surface area contributed by atoms with Crippen LogP contribution in [0.1, 0.15) is 20.7 Å². The van der Waals surface area contributed by atoms with Crippen molar-refractivity contribution < 1.29 is 24.6 Å². The van der Waals surface area contributed by atoms with Gasteiger partial charge in [0.2, 0.25) is 5.13 Å². The Morgan fingerprint density at radius 2 is 1.62 bits per heavy atom. The van der Waals surface area contributed by atoms with Gasteiger partial charge in [-0.1, -0.05) is 9.59 Å². The van der Waals surface area contributed by atoms with Crippen LogP contribution in [-0.4, -0.2) is 43.0 Å². The van der Waals surface area contributed by atoms with Crippen LogP contribution in [0.4, 0.5) is 15.6 Å². The molecule has 0 aliphatic carbocycles. The Kier molecular flexibility index (Phi) is 4.04. The molecule has 0 fully saturated rings. The Balaban J connectivity index is 2.20. The second-order valence-corrected chi connectivity index (χ2v) is 4.39. The number of nitrogens with one attached hydrogen (secondary N) is 2. The third-order valence-electron chi connectivity index (χ3n) is 2.20. The van der Waals surface area contributed by atoms with E-state index < -0.39 is 18.0 Å². The van der Waals surface area contributed by atoms with E-state index in [9.17, 15) is 14.4 Å². The summed E-state index contributed by atoms with van der Waals surface area (Å²) in [6, 6.07) is 2.52. The summed E-state index contributed by atoms with van der Waals surface area (Å²) in [5.41, 5.74) is -0.507. The number of amides is 2. The summed E-state index contributed by atoms with van der Waals surface area (Å²) < 4.78 is 3.44. The highest BCUT2D eigenvalue weighted by molar-refractivity contribution is 7.09. The van der Waals surface area contributed by atoms with Crippen LogP contribution < -0.4 is 10.6 Å². The fourth-order valence-electron chi connectivity index (χ4n) is 1.39. The van der Waals surface area contributed by atoms with E-state index in [-0.39, 0.29) is 21.9 Å². The Hall–Kier alpha value is -3.08. The summed E-state index contributed by atoms with van der Waals surface area (Å²) in [6.07, 6.45) is 0. The van der Waals surface area contributed by atoms with Crippen molar-refractivity contribution in [2.45, 2.75) is 0 Å². The molecule has 2 aromatic rings. The molecule has 2 amide bonds. The average molecular weight is 309 g/mol. The van der Waals surface area contributed by atoms with Gasteiger partial charge in [-0.25, -0.2) is 14.4 Å². The van der Waals surface area contributed by atoms with Crippen molar-refractivity contribution in [2.24, 2.45) is 0 Å². The number of carboxylic acids is 2. The highest BCUT2D eigenvalue weighted by Crippen LogP contribution is 2.16. The summed E-state index contributed by atoms with van der Waals surface area (Å²) in [7, 11) is 0. The molecular formula is C10H7N5O5S. The van der Waals surface area contributed by atoms with Crippen molar-refractivity contribution in [3.63, 3.8) is 0 Å². The smallest absolute Gasteiger partial charge is 0.335 e. The Morgan fingerprint density at radius 3 is 2.10 bits per heavy atom. The predicted molar refractivity (Wildman–Crippen MR) is 70.7 cm³/mol. The van der Waals surface area contributed by atoms with E-state index in [1.54, 1.807) is 0 Å². The number of nitrogens with zero attached hydrogens (tertiary/aromatic N) is 3. The van der Waals surface area contributed by atoms with E-state index in [1.165, 1.54) is 0 Å². The lowest BCUT2D eigenvalue weighted by atomic mass is 10.1. The van der Waals surface area contributed by atoms with Gasteiger partial charge in [0, 0.05) is 17.2 Å². The van der Waals surface area contributed by atoms with Gasteiger partial charge in [-0.05, 0) is 23.4 Å². The minimum atomic E-state index is -1.31. The molecule has 11 heteroatoms. The van der Waals surface area contributed by atoms with Crippen molar-refractivity contribution in [3.8, 4) is 0 Å². The zero-order valence-electron chi connectivity index (χ0n) is 10.1. The third kappa shape index (κ3) is 3.70. The summed E-state index contributed by atoms with van der Waals surface area (Å²) in [5, 5.41) is 29.3. The van der Waals surface area contributed by atoms with E-state index >= 15 is 0 Å². The van der Waals surface area contributed by atoms with Crippen LogP contribution >= 0.6 is 11.5 Å². The molecule has 0 saturated carbocycles. The predicted octanol–water partition coefficient (Wildman–Crippen LogP) is 0.973. The first kappa shape index (κ1) is 14.3. The molecule has 0 spiro atoms. The minimum absolute atomic E-state index is 0.0160. The van der Waals surface area contributed by atoms with Crippen molar-refractivity contribution in [2.75, 3.05) is 10.6 Å². The largest absolute Gasteiger partial charge is 0.478 e. The van der Waals surface area contributed by atoms with E-state index in [0.717, 1.165) is 29.7 Å². The molecule has 2 rings (SSSR count). The first-order valence-corrected chi connectivity index (χ1v) is 6.08. The van der Waals surface area contributed by atoms with Crippen LogP contribution in [0.3, 0.4) is 0 Å². The molecule has 0 aliphatic heterocycles. The molecule has 0 radical (unpaired) electrons. The van der Waals surface area contributed by atoms with Crippen LogP contribution in [0.15, 0.2) is 18.2 Å². The quantitative estimate of drug-likeness (QED) is 0.651. The molecule has 0 unspecified atom stereocenters. The molecule has 4 N–H and O–H groups in total. The standard InChI is InChI=1S/C10H7N5O5S/c16-7(17)4-1-5(8(18)19)3-6(2-4)11-9(20)12-10-13-14-15-21-10/h1-3H,(H,16,17)(H,18,19)(H2,11,12,13,15,20). The van der Waals surface area contributed by atoms with E-state index in [2.05, 4.69) is 25.4 Å². The molecule has 1 aromatic heterocycles. The number of hydrogen-bond acceptors (Lipinski definition) is 7. The molecular weight excluding hydrogens is 302 g/mol. The first-order valence-electron chi connectivity index (χ1n) is 5.30. The summed E-state index contributed by atoms with van der Waals surface area (Å²) in [6.45, 7) is 0. The fraction of sp³-hybridized carbons (Fsp3) is 0. The van der Waals surface area contributed by atoms with Gasteiger partial charge in [0.1, 0.15) is 0 Å². The van der Waals surface area contributed by atoms with Crippen LogP contribution in [-0.2, 0) is 0 Å². The Morgan fingerprint density at radius 1 is 1.00 bits per heavy atom. The number of carboxylic acid groups (broad SMARTS) is 2. The highest BCUT2D eigenvalue weighted by Gasteiger charge is 2.13. The maximum Gasteiger partial charge on any atom is 0.335 e. The van der Waals surface area contributed by atoms with Crippen molar-refractivity contribution in [1.82, 2.24) is 14.8 Å². The molecule has 0 aliphatic rings.